The number of halogens is 5. The Hall–Kier alpha value is -3.26. The van der Waals surface area contributed by atoms with Crippen LogP contribution in [-0.4, -0.2) is 29.1 Å². The molecule has 1 aliphatic heterocycles. The number of hydrogen-bond donors (Lipinski definition) is 1. The molecular formula is C29H26F5NO2. The van der Waals surface area contributed by atoms with Crippen molar-refractivity contribution in [3.8, 4) is 11.1 Å². The van der Waals surface area contributed by atoms with E-state index in [1.54, 1.807) is 18.2 Å². The lowest BCUT2D eigenvalue weighted by Gasteiger charge is -2.36. The molecule has 0 aromatic heterocycles. The monoisotopic (exact) mass is 515 g/mol. The first-order valence-corrected chi connectivity index (χ1v) is 12.3. The van der Waals surface area contributed by atoms with Gasteiger partial charge in [-0.15, -0.1) is 0 Å². The predicted molar refractivity (Wildman–Crippen MR) is 129 cm³/mol. The number of benzene rings is 3. The molecule has 0 bridgehead atoms. The van der Waals surface area contributed by atoms with Crippen molar-refractivity contribution in [1.29, 1.82) is 0 Å². The van der Waals surface area contributed by atoms with Crippen LogP contribution in [0.25, 0.3) is 11.1 Å². The Morgan fingerprint density at radius 2 is 1.54 bits per heavy atom. The van der Waals surface area contributed by atoms with Gasteiger partial charge < -0.3 is 5.11 Å². The number of aliphatic carboxylic acids is 1. The van der Waals surface area contributed by atoms with Crippen LogP contribution in [-0.2, 0) is 16.4 Å². The summed E-state index contributed by atoms with van der Waals surface area (Å²) >= 11 is 0. The van der Waals surface area contributed by atoms with Crippen molar-refractivity contribution in [2.24, 2.45) is 0 Å². The van der Waals surface area contributed by atoms with Gasteiger partial charge in [0.15, 0.2) is 11.6 Å². The fraction of sp³-hybridized carbons (Fsp3) is 0.345. The Balaban J connectivity index is 1.69. The highest BCUT2D eigenvalue weighted by molar-refractivity contribution is 5.86. The van der Waals surface area contributed by atoms with Crippen LogP contribution in [0.4, 0.5) is 22.0 Å². The third-order valence-corrected chi connectivity index (χ3v) is 7.60. The van der Waals surface area contributed by atoms with Gasteiger partial charge in [0.05, 0.1) is 17.0 Å². The molecule has 8 heteroatoms. The van der Waals surface area contributed by atoms with Crippen LogP contribution >= 0.6 is 0 Å². The van der Waals surface area contributed by atoms with E-state index in [-0.39, 0.29) is 0 Å². The van der Waals surface area contributed by atoms with Crippen LogP contribution in [0.5, 0.6) is 0 Å². The molecule has 1 aliphatic carbocycles. The SMILES string of the molecule is O=C(O)C1(c2ccc(C(c3ccc(F)c(F)c3)N3CCCCC3)c(-c3ccc(C(F)(F)F)cc3)c2)CC1. The number of carbonyl (C=O) groups is 1. The van der Waals surface area contributed by atoms with Crippen molar-refractivity contribution in [2.75, 3.05) is 13.1 Å². The standard InChI is InChI=1S/C29H26F5NO2/c30-24-11-6-19(16-25(24)31)26(35-14-2-1-3-15-35)22-10-9-21(28(12-13-28)27(36)37)17-23(22)18-4-7-20(8-5-18)29(32,33)34/h4-11,16-17,26H,1-3,12-15H2,(H,36,37). The lowest BCUT2D eigenvalue weighted by atomic mass is 9.84. The molecule has 3 aromatic rings. The normalized spacial score (nSPS) is 18.4. The van der Waals surface area contributed by atoms with Gasteiger partial charge in [-0.3, -0.25) is 9.69 Å². The molecule has 0 radical (unpaired) electrons. The van der Waals surface area contributed by atoms with Gasteiger partial charge in [-0.2, -0.15) is 13.2 Å². The molecular weight excluding hydrogens is 489 g/mol. The highest BCUT2D eigenvalue weighted by Crippen LogP contribution is 2.50. The van der Waals surface area contributed by atoms with E-state index in [1.165, 1.54) is 24.3 Å². The molecule has 37 heavy (non-hydrogen) atoms. The van der Waals surface area contributed by atoms with Crippen LogP contribution in [0.3, 0.4) is 0 Å². The number of piperidine rings is 1. The first kappa shape index (κ1) is 25.4. The minimum absolute atomic E-state index is 0.479. The average Bonchev–Trinajstić information content (AvgIpc) is 3.69. The van der Waals surface area contributed by atoms with E-state index in [2.05, 4.69) is 4.90 Å². The zero-order chi connectivity index (χ0) is 26.4. The summed E-state index contributed by atoms with van der Waals surface area (Å²) in [6.45, 7) is 1.44. The zero-order valence-corrected chi connectivity index (χ0v) is 20.0. The van der Waals surface area contributed by atoms with E-state index in [1.807, 2.05) is 0 Å². The predicted octanol–water partition coefficient (Wildman–Crippen LogP) is 7.34. The van der Waals surface area contributed by atoms with Crippen molar-refractivity contribution < 1.29 is 31.9 Å². The van der Waals surface area contributed by atoms with Gasteiger partial charge in [-0.05, 0) is 96.9 Å². The van der Waals surface area contributed by atoms with Gasteiger partial charge in [0, 0.05) is 0 Å². The average molecular weight is 516 g/mol. The summed E-state index contributed by atoms with van der Waals surface area (Å²) in [5, 5.41) is 9.85. The van der Waals surface area contributed by atoms with E-state index in [0.717, 1.165) is 50.6 Å². The number of carboxylic acids is 1. The number of nitrogens with zero attached hydrogens (tertiary/aromatic N) is 1. The van der Waals surface area contributed by atoms with Crippen LogP contribution < -0.4 is 0 Å². The van der Waals surface area contributed by atoms with Crippen molar-refractivity contribution >= 4 is 5.97 Å². The number of likely N-dealkylation sites (tertiary alicyclic amines) is 1. The lowest BCUT2D eigenvalue weighted by molar-refractivity contribution is -0.140. The molecule has 194 valence electrons. The molecule has 0 spiro atoms. The van der Waals surface area contributed by atoms with Gasteiger partial charge in [0.2, 0.25) is 0 Å². The molecule has 1 N–H and O–H groups in total. The fourth-order valence-electron chi connectivity index (χ4n) is 5.38. The van der Waals surface area contributed by atoms with Crippen molar-refractivity contribution in [1.82, 2.24) is 4.90 Å². The van der Waals surface area contributed by atoms with Crippen LogP contribution in [0.2, 0.25) is 0 Å². The van der Waals surface area contributed by atoms with Gasteiger partial charge in [-0.25, -0.2) is 8.78 Å². The van der Waals surface area contributed by atoms with Crippen molar-refractivity contribution in [3.05, 3.63) is 94.6 Å². The second-order valence-electron chi connectivity index (χ2n) is 9.94. The molecule has 1 unspecified atom stereocenters. The Morgan fingerprint density at radius 1 is 0.865 bits per heavy atom. The summed E-state index contributed by atoms with van der Waals surface area (Å²) in [6, 6.07) is 13.4. The maximum Gasteiger partial charge on any atom is 0.416 e. The van der Waals surface area contributed by atoms with Gasteiger partial charge in [0.1, 0.15) is 0 Å². The molecule has 5 rings (SSSR count). The first-order chi connectivity index (χ1) is 17.6. The summed E-state index contributed by atoms with van der Waals surface area (Å²) in [5.41, 5.74) is 1.10. The number of hydrogen-bond acceptors (Lipinski definition) is 2. The van der Waals surface area contributed by atoms with E-state index in [4.69, 9.17) is 0 Å². The Labute approximate surface area is 211 Å². The minimum Gasteiger partial charge on any atom is -0.481 e. The maximum absolute atomic E-state index is 14.4. The van der Waals surface area contributed by atoms with Crippen LogP contribution in [0.1, 0.15) is 60.4 Å². The summed E-state index contributed by atoms with van der Waals surface area (Å²) in [6.07, 6.45) is -0.634. The quantitative estimate of drug-likeness (QED) is 0.349. The van der Waals surface area contributed by atoms with Crippen molar-refractivity contribution in [2.45, 2.75) is 49.7 Å². The molecule has 3 nitrogen and oxygen atoms in total. The van der Waals surface area contributed by atoms with E-state index in [9.17, 15) is 31.9 Å². The lowest BCUT2D eigenvalue weighted by Crippen LogP contribution is -2.35. The van der Waals surface area contributed by atoms with Gasteiger partial charge in [0.25, 0.3) is 0 Å². The van der Waals surface area contributed by atoms with Gasteiger partial charge >= 0.3 is 12.1 Å². The number of carboxylic acid groups (broad SMARTS) is 1. The Kier molecular flexibility index (Phi) is 6.56. The second kappa shape index (κ2) is 9.56. The Bertz CT molecular complexity index is 1310. The third kappa shape index (κ3) is 4.87. The van der Waals surface area contributed by atoms with E-state index < -0.39 is 40.8 Å². The minimum atomic E-state index is -4.49. The molecule has 2 aliphatic rings. The summed E-state index contributed by atoms with van der Waals surface area (Å²) in [4.78, 5) is 14.2. The topological polar surface area (TPSA) is 40.5 Å². The van der Waals surface area contributed by atoms with Crippen molar-refractivity contribution in [3.63, 3.8) is 0 Å². The Morgan fingerprint density at radius 3 is 2.11 bits per heavy atom. The molecule has 2 fully saturated rings. The molecule has 1 saturated carbocycles. The molecule has 1 heterocycles. The summed E-state index contributed by atoms with van der Waals surface area (Å²) < 4.78 is 67.9. The van der Waals surface area contributed by atoms with E-state index in [0.29, 0.717) is 40.7 Å². The fourth-order valence-corrected chi connectivity index (χ4v) is 5.38. The first-order valence-electron chi connectivity index (χ1n) is 12.3. The van der Waals surface area contributed by atoms with Gasteiger partial charge in [-0.1, -0.05) is 36.8 Å². The second-order valence-corrected chi connectivity index (χ2v) is 9.94. The third-order valence-electron chi connectivity index (χ3n) is 7.60. The highest BCUT2D eigenvalue weighted by atomic mass is 19.4. The molecule has 1 saturated heterocycles. The maximum atomic E-state index is 14.4. The largest absolute Gasteiger partial charge is 0.481 e. The smallest absolute Gasteiger partial charge is 0.416 e. The highest BCUT2D eigenvalue weighted by Gasteiger charge is 2.52. The van der Waals surface area contributed by atoms with Crippen LogP contribution in [0.15, 0.2) is 60.7 Å². The molecule has 0 amide bonds. The number of alkyl halides is 3. The summed E-state index contributed by atoms with van der Waals surface area (Å²) in [5.74, 6) is -2.88. The van der Waals surface area contributed by atoms with E-state index >= 15 is 0 Å². The summed E-state index contributed by atoms with van der Waals surface area (Å²) in [7, 11) is 0. The number of rotatable bonds is 6. The van der Waals surface area contributed by atoms with Crippen LogP contribution in [0, 0.1) is 11.6 Å². The molecule has 3 aromatic carbocycles. The zero-order valence-electron chi connectivity index (χ0n) is 20.0. The molecule has 1 atom stereocenters.